The van der Waals surface area contributed by atoms with Gasteiger partial charge in [-0.25, -0.2) is 0 Å². The van der Waals surface area contributed by atoms with E-state index < -0.39 is 0 Å². The zero-order valence-electron chi connectivity index (χ0n) is 14.2. The number of para-hydroxylation sites is 2. The summed E-state index contributed by atoms with van der Waals surface area (Å²) < 4.78 is 11.7. The molecule has 1 aliphatic rings. The Kier molecular flexibility index (Phi) is 4.90. The minimum atomic E-state index is -0.0525. The molecular formula is C19H22N2O2S. The number of anilines is 1. The van der Waals surface area contributed by atoms with Crippen LogP contribution in [0.1, 0.15) is 11.1 Å². The van der Waals surface area contributed by atoms with Gasteiger partial charge in [-0.05, 0) is 55.4 Å². The summed E-state index contributed by atoms with van der Waals surface area (Å²) in [4.78, 5) is 1.99. The fourth-order valence-corrected chi connectivity index (χ4v) is 2.81. The average molecular weight is 342 g/mol. The number of ether oxygens (including phenoxy) is 2. The van der Waals surface area contributed by atoms with Gasteiger partial charge < -0.3 is 19.7 Å². The number of fused-ring (bicyclic) bond motifs is 1. The number of nitrogens with zero attached hydrogens (tertiary/aromatic N) is 1. The minimum Gasteiger partial charge on any atom is -0.486 e. The van der Waals surface area contributed by atoms with Crippen molar-refractivity contribution in [3.8, 4) is 11.5 Å². The number of rotatable bonds is 3. The van der Waals surface area contributed by atoms with E-state index in [-0.39, 0.29) is 6.10 Å². The molecule has 1 heterocycles. The first-order valence-corrected chi connectivity index (χ1v) is 8.41. The molecule has 0 spiro atoms. The van der Waals surface area contributed by atoms with Crippen LogP contribution in [0.5, 0.6) is 11.5 Å². The second-order valence-corrected chi connectivity index (χ2v) is 6.51. The molecule has 2 aromatic rings. The van der Waals surface area contributed by atoms with E-state index in [2.05, 4.69) is 37.4 Å². The van der Waals surface area contributed by atoms with Gasteiger partial charge in [0.05, 0.1) is 6.54 Å². The lowest BCUT2D eigenvalue weighted by molar-refractivity contribution is 0.0784. The standard InChI is InChI=1S/C19H22N2O2S/c1-13-8-9-14(2)16(10-13)20-19(24)21(3)11-15-12-22-17-6-4-5-7-18(17)23-15/h4-10,15H,11-12H2,1-3H3,(H,20,24)/t15-/m1/s1. The highest BCUT2D eigenvalue weighted by Crippen LogP contribution is 2.31. The predicted molar refractivity (Wildman–Crippen MR) is 101 cm³/mol. The van der Waals surface area contributed by atoms with Crippen LogP contribution in [0, 0.1) is 13.8 Å². The van der Waals surface area contributed by atoms with E-state index in [0.29, 0.717) is 18.3 Å². The van der Waals surface area contributed by atoms with Crippen LogP contribution >= 0.6 is 12.2 Å². The molecule has 0 saturated carbocycles. The van der Waals surface area contributed by atoms with Gasteiger partial charge in [-0.1, -0.05) is 24.3 Å². The summed E-state index contributed by atoms with van der Waals surface area (Å²) >= 11 is 5.53. The van der Waals surface area contributed by atoms with Crippen LogP contribution in [0.25, 0.3) is 0 Å². The fourth-order valence-electron chi connectivity index (χ4n) is 2.62. The lowest BCUT2D eigenvalue weighted by Crippen LogP contribution is -2.43. The van der Waals surface area contributed by atoms with E-state index in [9.17, 15) is 0 Å². The van der Waals surface area contributed by atoms with E-state index >= 15 is 0 Å². The van der Waals surface area contributed by atoms with Gasteiger partial charge in [-0.2, -0.15) is 0 Å². The smallest absolute Gasteiger partial charge is 0.173 e. The summed E-state index contributed by atoms with van der Waals surface area (Å²) in [5.41, 5.74) is 3.41. The zero-order chi connectivity index (χ0) is 17.1. The van der Waals surface area contributed by atoms with Gasteiger partial charge in [0.2, 0.25) is 0 Å². The minimum absolute atomic E-state index is 0.0525. The summed E-state index contributed by atoms with van der Waals surface area (Å²) in [5.74, 6) is 1.59. The van der Waals surface area contributed by atoms with Crippen molar-refractivity contribution in [3.05, 3.63) is 53.6 Å². The van der Waals surface area contributed by atoms with Crippen LogP contribution in [0.3, 0.4) is 0 Å². The van der Waals surface area contributed by atoms with Crippen LogP contribution in [0.15, 0.2) is 42.5 Å². The molecule has 1 N–H and O–H groups in total. The number of hydrogen-bond donors (Lipinski definition) is 1. The molecule has 0 bridgehead atoms. The molecular weight excluding hydrogens is 320 g/mol. The number of benzene rings is 2. The van der Waals surface area contributed by atoms with Crippen molar-refractivity contribution in [2.45, 2.75) is 20.0 Å². The van der Waals surface area contributed by atoms with E-state index in [1.54, 1.807) is 0 Å². The van der Waals surface area contributed by atoms with Crippen LogP contribution in [-0.2, 0) is 0 Å². The maximum Gasteiger partial charge on any atom is 0.173 e. The highest BCUT2D eigenvalue weighted by Gasteiger charge is 2.22. The molecule has 0 saturated heterocycles. The van der Waals surface area contributed by atoms with Crippen molar-refractivity contribution in [2.24, 2.45) is 0 Å². The third-order valence-corrected chi connectivity index (χ3v) is 4.44. The second kappa shape index (κ2) is 7.09. The van der Waals surface area contributed by atoms with Crippen LogP contribution < -0.4 is 14.8 Å². The molecule has 0 unspecified atom stereocenters. The van der Waals surface area contributed by atoms with Crippen LogP contribution in [0.2, 0.25) is 0 Å². The Hall–Kier alpha value is -2.27. The summed E-state index contributed by atoms with van der Waals surface area (Å²) in [6.45, 7) is 5.32. The number of likely N-dealkylation sites (N-methyl/N-ethyl adjacent to an activating group) is 1. The first kappa shape index (κ1) is 16.6. The van der Waals surface area contributed by atoms with E-state index in [4.69, 9.17) is 21.7 Å². The Labute approximate surface area is 148 Å². The zero-order valence-corrected chi connectivity index (χ0v) is 15.0. The molecule has 4 nitrogen and oxygen atoms in total. The van der Waals surface area contributed by atoms with Gasteiger partial charge in [0.15, 0.2) is 22.7 Å². The van der Waals surface area contributed by atoms with Crippen LogP contribution in [-0.4, -0.2) is 36.3 Å². The number of thiocarbonyl (C=S) groups is 1. The summed E-state index contributed by atoms with van der Waals surface area (Å²) in [5, 5.41) is 3.99. The monoisotopic (exact) mass is 342 g/mol. The summed E-state index contributed by atoms with van der Waals surface area (Å²) in [6.07, 6.45) is -0.0525. The fraction of sp³-hybridized carbons (Fsp3) is 0.316. The Bertz CT molecular complexity index is 748. The Morgan fingerprint density at radius 2 is 1.96 bits per heavy atom. The molecule has 1 atom stereocenters. The highest BCUT2D eigenvalue weighted by atomic mass is 32.1. The normalized spacial score (nSPS) is 15.7. The molecule has 1 aliphatic heterocycles. The predicted octanol–water partition coefficient (Wildman–Crippen LogP) is 3.77. The maximum absolute atomic E-state index is 5.99. The number of aryl methyl sites for hydroxylation is 2. The lowest BCUT2D eigenvalue weighted by atomic mass is 10.1. The van der Waals surface area contributed by atoms with Crippen molar-refractivity contribution in [2.75, 3.05) is 25.5 Å². The summed E-state index contributed by atoms with van der Waals surface area (Å²) in [7, 11) is 1.96. The molecule has 24 heavy (non-hydrogen) atoms. The highest BCUT2D eigenvalue weighted by molar-refractivity contribution is 7.80. The Balaban J connectivity index is 1.60. The maximum atomic E-state index is 5.99. The van der Waals surface area contributed by atoms with Gasteiger partial charge in [0, 0.05) is 12.7 Å². The molecule has 0 amide bonds. The number of nitrogens with one attached hydrogen (secondary N) is 1. The van der Waals surface area contributed by atoms with E-state index in [1.807, 2.05) is 36.2 Å². The third-order valence-electron chi connectivity index (χ3n) is 4.03. The van der Waals surface area contributed by atoms with Crippen molar-refractivity contribution in [3.63, 3.8) is 0 Å². The van der Waals surface area contributed by atoms with Crippen molar-refractivity contribution < 1.29 is 9.47 Å². The average Bonchev–Trinajstić information content (AvgIpc) is 2.58. The molecule has 2 aromatic carbocycles. The van der Waals surface area contributed by atoms with Gasteiger partial charge in [-0.15, -0.1) is 0 Å². The Morgan fingerprint density at radius 1 is 1.21 bits per heavy atom. The Morgan fingerprint density at radius 3 is 2.75 bits per heavy atom. The van der Waals surface area contributed by atoms with Crippen molar-refractivity contribution in [1.82, 2.24) is 4.90 Å². The molecule has 0 fully saturated rings. The van der Waals surface area contributed by atoms with Crippen molar-refractivity contribution in [1.29, 1.82) is 0 Å². The SMILES string of the molecule is Cc1ccc(C)c(NC(=S)N(C)C[C@@H]2COc3ccccc3O2)c1. The first-order valence-electron chi connectivity index (χ1n) is 8.01. The molecule has 3 rings (SSSR count). The van der Waals surface area contributed by atoms with E-state index in [1.165, 1.54) is 11.1 Å². The molecule has 0 aromatic heterocycles. The molecule has 0 radical (unpaired) electrons. The topological polar surface area (TPSA) is 33.7 Å². The third kappa shape index (κ3) is 3.79. The van der Waals surface area contributed by atoms with E-state index in [0.717, 1.165) is 17.2 Å². The van der Waals surface area contributed by atoms with Gasteiger partial charge in [0.25, 0.3) is 0 Å². The van der Waals surface area contributed by atoms with Gasteiger partial charge in [-0.3, -0.25) is 0 Å². The lowest BCUT2D eigenvalue weighted by Gasteiger charge is -2.30. The largest absolute Gasteiger partial charge is 0.486 e. The van der Waals surface area contributed by atoms with Gasteiger partial charge >= 0.3 is 0 Å². The molecule has 5 heteroatoms. The first-order chi connectivity index (χ1) is 11.5. The second-order valence-electron chi connectivity index (χ2n) is 6.13. The number of hydrogen-bond acceptors (Lipinski definition) is 3. The van der Waals surface area contributed by atoms with Crippen LogP contribution in [0.4, 0.5) is 5.69 Å². The summed E-state index contributed by atoms with van der Waals surface area (Å²) in [6, 6.07) is 14.0. The molecule has 126 valence electrons. The van der Waals surface area contributed by atoms with Crippen molar-refractivity contribution >= 4 is 23.0 Å². The quantitative estimate of drug-likeness (QED) is 0.859. The van der Waals surface area contributed by atoms with Gasteiger partial charge in [0.1, 0.15) is 6.61 Å². The molecule has 0 aliphatic carbocycles.